The molecule has 0 amide bonds. The van der Waals surface area contributed by atoms with E-state index in [-0.39, 0.29) is 12.2 Å². The van der Waals surface area contributed by atoms with Crippen molar-refractivity contribution in [1.29, 1.82) is 0 Å². The summed E-state index contributed by atoms with van der Waals surface area (Å²) in [6.07, 6.45) is -3.67. The Balaban J connectivity index is 1.41. The SMILES string of the molecule is Cc1cc(-c2ccc(Nc3nc4n(n3)CCOC4c3ccccc3C(F)(F)F)cc2)ccn1. The number of fused-ring (bicyclic) bond motifs is 1. The second-order valence-electron chi connectivity index (χ2n) is 7.74. The van der Waals surface area contributed by atoms with E-state index in [4.69, 9.17) is 4.74 Å². The molecule has 0 fully saturated rings. The highest BCUT2D eigenvalue weighted by Crippen LogP contribution is 2.38. The Bertz CT molecular complexity index is 1280. The second kappa shape index (κ2) is 8.32. The van der Waals surface area contributed by atoms with Crippen molar-refractivity contribution in [3.05, 3.63) is 89.5 Å². The van der Waals surface area contributed by atoms with Gasteiger partial charge in [0.15, 0.2) is 5.82 Å². The fourth-order valence-corrected chi connectivity index (χ4v) is 3.91. The fourth-order valence-electron chi connectivity index (χ4n) is 3.91. The summed E-state index contributed by atoms with van der Waals surface area (Å²) in [6, 6.07) is 17.1. The molecule has 1 aliphatic heterocycles. The predicted octanol–water partition coefficient (Wildman–Crippen LogP) is 5.53. The van der Waals surface area contributed by atoms with Gasteiger partial charge in [-0.2, -0.15) is 18.2 Å². The molecule has 1 aliphatic rings. The molecular weight excluding hydrogens is 431 g/mol. The quantitative estimate of drug-likeness (QED) is 0.442. The zero-order chi connectivity index (χ0) is 23.0. The van der Waals surface area contributed by atoms with Crippen molar-refractivity contribution in [2.75, 3.05) is 11.9 Å². The van der Waals surface area contributed by atoms with Crippen molar-refractivity contribution >= 4 is 11.6 Å². The number of ether oxygens (including phenoxy) is 1. The summed E-state index contributed by atoms with van der Waals surface area (Å²) < 4.78 is 47.9. The van der Waals surface area contributed by atoms with Gasteiger partial charge in [-0.3, -0.25) is 4.98 Å². The molecule has 2 aromatic carbocycles. The van der Waals surface area contributed by atoms with Gasteiger partial charge in [-0.15, -0.1) is 5.10 Å². The zero-order valence-electron chi connectivity index (χ0n) is 17.7. The fraction of sp³-hybridized carbons (Fsp3) is 0.208. The summed E-state index contributed by atoms with van der Waals surface area (Å²) in [5.74, 6) is 0.641. The monoisotopic (exact) mass is 451 g/mol. The Morgan fingerprint density at radius 3 is 2.58 bits per heavy atom. The van der Waals surface area contributed by atoms with E-state index in [0.29, 0.717) is 18.3 Å². The molecule has 1 unspecified atom stereocenters. The molecule has 2 aromatic heterocycles. The van der Waals surface area contributed by atoms with Crippen LogP contribution < -0.4 is 5.32 Å². The minimum Gasteiger partial charge on any atom is -0.364 e. The maximum absolute atomic E-state index is 13.5. The summed E-state index contributed by atoms with van der Waals surface area (Å²) in [6.45, 7) is 2.59. The van der Waals surface area contributed by atoms with Crippen LogP contribution in [-0.4, -0.2) is 26.4 Å². The van der Waals surface area contributed by atoms with Crippen molar-refractivity contribution in [2.45, 2.75) is 25.7 Å². The van der Waals surface area contributed by atoms with Gasteiger partial charge in [0, 0.05) is 23.1 Å². The van der Waals surface area contributed by atoms with Crippen LogP contribution in [0.3, 0.4) is 0 Å². The Hall–Kier alpha value is -3.72. The Labute approximate surface area is 188 Å². The number of pyridine rings is 1. The summed E-state index contributed by atoms with van der Waals surface area (Å²) in [7, 11) is 0. The van der Waals surface area contributed by atoms with Crippen molar-refractivity contribution in [1.82, 2.24) is 19.7 Å². The lowest BCUT2D eigenvalue weighted by Gasteiger charge is -2.25. The van der Waals surface area contributed by atoms with Gasteiger partial charge in [-0.1, -0.05) is 30.3 Å². The first kappa shape index (κ1) is 21.1. The lowest BCUT2D eigenvalue weighted by atomic mass is 10.0. The second-order valence-corrected chi connectivity index (χ2v) is 7.74. The molecule has 0 spiro atoms. The van der Waals surface area contributed by atoms with E-state index in [1.807, 2.05) is 43.3 Å². The largest absolute Gasteiger partial charge is 0.416 e. The standard InChI is InChI=1S/C24H20F3N5O/c1-15-14-17(10-11-28-15)16-6-8-18(9-7-16)29-23-30-22-21(33-13-12-32(22)31-23)19-4-2-3-5-20(19)24(25,26)27/h2-11,14,21H,12-13H2,1H3,(H,29,31). The van der Waals surface area contributed by atoms with Crippen LogP contribution in [0.5, 0.6) is 0 Å². The van der Waals surface area contributed by atoms with E-state index < -0.39 is 17.8 Å². The number of hydrogen-bond donors (Lipinski definition) is 1. The number of alkyl halides is 3. The number of hydrogen-bond acceptors (Lipinski definition) is 5. The molecule has 3 heterocycles. The minimum atomic E-state index is -4.49. The van der Waals surface area contributed by atoms with Gasteiger partial charge in [-0.25, -0.2) is 4.68 Å². The maximum Gasteiger partial charge on any atom is 0.416 e. The summed E-state index contributed by atoms with van der Waals surface area (Å²) >= 11 is 0. The van der Waals surface area contributed by atoms with Gasteiger partial charge in [0.05, 0.1) is 18.7 Å². The predicted molar refractivity (Wildman–Crippen MR) is 117 cm³/mol. The van der Waals surface area contributed by atoms with Crippen molar-refractivity contribution in [3.8, 4) is 11.1 Å². The molecular formula is C24H20F3N5O. The van der Waals surface area contributed by atoms with Gasteiger partial charge in [0.1, 0.15) is 6.10 Å². The third-order valence-corrected chi connectivity index (χ3v) is 5.44. The number of aromatic nitrogens is 4. The van der Waals surface area contributed by atoms with Crippen LogP contribution >= 0.6 is 0 Å². The lowest BCUT2D eigenvalue weighted by Crippen LogP contribution is -2.25. The van der Waals surface area contributed by atoms with Gasteiger partial charge in [0.2, 0.25) is 5.95 Å². The lowest BCUT2D eigenvalue weighted by molar-refractivity contribution is -0.139. The maximum atomic E-state index is 13.5. The Morgan fingerprint density at radius 2 is 1.82 bits per heavy atom. The van der Waals surface area contributed by atoms with E-state index in [9.17, 15) is 13.2 Å². The molecule has 1 N–H and O–H groups in total. The molecule has 1 atom stereocenters. The van der Waals surface area contributed by atoms with Gasteiger partial charge < -0.3 is 10.1 Å². The molecule has 9 heteroatoms. The van der Waals surface area contributed by atoms with E-state index >= 15 is 0 Å². The van der Waals surface area contributed by atoms with Gasteiger partial charge in [-0.05, 0) is 48.4 Å². The molecule has 33 heavy (non-hydrogen) atoms. The smallest absolute Gasteiger partial charge is 0.364 e. The van der Waals surface area contributed by atoms with Crippen LogP contribution in [0.4, 0.5) is 24.8 Å². The molecule has 0 saturated heterocycles. The normalized spacial score (nSPS) is 15.8. The van der Waals surface area contributed by atoms with Crippen LogP contribution in [-0.2, 0) is 17.5 Å². The number of aryl methyl sites for hydroxylation is 1. The van der Waals surface area contributed by atoms with E-state index in [1.165, 1.54) is 12.1 Å². The highest BCUT2D eigenvalue weighted by atomic mass is 19.4. The zero-order valence-corrected chi connectivity index (χ0v) is 17.7. The van der Waals surface area contributed by atoms with Crippen molar-refractivity contribution < 1.29 is 17.9 Å². The average molecular weight is 451 g/mol. The van der Waals surface area contributed by atoms with Crippen LogP contribution in [0.15, 0.2) is 66.9 Å². The molecule has 0 saturated carbocycles. The number of nitrogens with zero attached hydrogens (tertiary/aromatic N) is 4. The van der Waals surface area contributed by atoms with Crippen LogP contribution in [0.25, 0.3) is 11.1 Å². The molecule has 5 rings (SSSR count). The third kappa shape index (κ3) is 4.31. The van der Waals surface area contributed by atoms with Crippen LogP contribution in [0, 0.1) is 6.92 Å². The third-order valence-electron chi connectivity index (χ3n) is 5.44. The van der Waals surface area contributed by atoms with E-state index in [1.54, 1.807) is 16.9 Å². The summed E-state index contributed by atoms with van der Waals surface area (Å²) in [4.78, 5) is 8.67. The average Bonchev–Trinajstić information content (AvgIpc) is 3.21. The molecule has 6 nitrogen and oxygen atoms in total. The number of benzene rings is 2. The summed E-state index contributed by atoms with van der Waals surface area (Å²) in [5, 5.41) is 7.57. The highest BCUT2D eigenvalue weighted by molar-refractivity contribution is 5.67. The number of halogens is 3. The topological polar surface area (TPSA) is 64.9 Å². The number of rotatable bonds is 4. The van der Waals surface area contributed by atoms with Crippen molar-refractivity contribution in [3.63, 3.8) is 0 Å². The Kier molecular flexibility index (Phi) is 5.33. The molecule has 168 valence electrons. The minimum absolute atomic E-state index is 0.0295. The van der Waals surface area contributed by atoms with E-state index in [0.717, 1.165) is 28.6 Å². The Morgan fingerprint density at radius 1 is 1.03 bits per heavy atom. The van der Waals surface area contributed by atoms with Gasteiger partial charge in [0.25, 0.3) is 0 Å². The molecule has 0 radical (unpaired) electrons. The first-order valence-corrected chi connectivity index (χ1v) is 10.4. The highest BCUT2D eigenvalue weighted by Gasteiger charge is 2.38. The molecule has 4 aromatic rings. The summed E-state index contributed by atoms with van der Waals surface area (Å²) in [5.41, 5.74) is 3.10. The van der Waals surface area contributed by atoms with Crippen molar-refractivity contribution in [2.24, 2.45) is 0 Å². The van der Waals surface area contributed by atoms with Crippen LogP contribution in [0.2, 0.25) is 0 Å². The molecule has 0 aliphatic carbocycles. The number of anilines is 2. The number of nitrogens with one attached hydrogen (secondary N) is 1. The van der Waals surface area contributed by atoms with Crippen LogP contribution in [0.1, 0.15) is 28.7 Å². The first-order valence-electron chi connectivity index (χ1n) is 10.4. The molecule has 0 bridgehead atoms. The first-order chi connectivity index (χ1) is 15.9. The van der Waals surface area contributed by atoms with Gasteiger partial charge >= 0.3 is 6.18 Å². The van der Waals surface area contributed by atoms with E-state index in [2.05, 4.69) is 20.4 Å².